The number of hydrogen-bond donors (Lipinski definition) is 1. The Morgan fingerprint density at radius 3 is 2.46 bits per heavy atom. The van der Waals surface area contributed by atoms with Crippen molar-refractivity contribution in [3.8, 4) is 5.69 Å². The van der Waals surface area contributed by atoms with E-state index in [0.29, 0.717) is 17.6 Å². The molecule has 0 radical (unpaired) electrons. The van der Waals surface area contributed by atoms with Crippen LogP contribution in [0, 0.1) is 12.7 Å². The van der Waals surface area contributed by atoms with Crippen LogP contribution in [0.25, 0.3) is 5.69 Å². The number of hydrogen-bond acceptors (Lipinski definition) is 3. The fourth-order valence-electron chi connectivity index (χ4n) is 4.16. The lowest BCUT2D eigenvalue weighted by atomic mass is 9.98. The molecule has 7 heteroatoms. The van der Waals surface area contributed by atoms with E-state index in [0.717, 1.165) is 24.2 Å². The van der Waals surface area contributed by atoms with Gasteiger partial charge in [0.2, 0.25) is 0 Å². The minimum atomic E-state index is -0.287. The minimum Gasteiger partial charge on any atom is -0.338 e. The van der Waals surface area contributed by atoms with Crippen LogP contribution >= 0.6 is 12.4 Å². The van der Waals surface area contributed by atoms with Gasteiger partial charge in [0.15, 0.2) is 0 Å². The molecule has 1 aromatic carbocycles. The Balaban J connectivity index is 0.00000196. The molecule has 2 saturated heterocycles. The fourth-order valence-corrected chi connectivity index (χ4v) is 4.16. The number of carbonyl (C=O) groups is 1. The summed E-state index contributed by atoms with van der Waals surface area (Å²) >= 11 is 0. The highest BCUT2D eigenvalue weighted by molar-refractivity contribution is 5.95. The van der Waals surface area contributed by atoms with E-state index in [1.165, 1.54) is 25.0 Å². The summed E-state index contributed by atoms with van der Waals surface area (Å²) in [7, 11) is 1.90. The summed E-state index contributed by atoms with van der Waals surface area (Å²) in [5, 5.41) is 7.95. The van der Waals surface area contributed by atoms with E-state index in [1.54, 1.807) is 23.0 Å². The molecule has 2 atom stereocenters. The second-order valence-electron chi connectivity index (χ2n) is 7.21. The molecule has 2 aliphatic heterocycles. The van der Waals surface area contributed by atoms with Crippen molar-refractivity contribution >= 4 is 18.3 Å². The molecule has 3 heterocycles. The number of benzene rings is 1. The van der Waals surface area contributed by atoms with E-state index < -0.39 is 0 Å². The van der Waals surface area contributed by atoms with Gasteiger partial charge in [-0.25, -0.2) is 9.07 Å². The van der Waals surface area contributed by atoms with Gasteiger partial charge in [0.25, 0.3) is 5.91 Å². The number of nitrogens with zero attached hydrogens (tertiary/aromatic N) is 3. The summed E-state index contributed by atoms with van der Waals surface area (Å²) in [6.45, 7) is 1.88. The van der Waals surface area contributed by atoms with Crippen LogP contribution in [-0.2, 0) is 0 Å². The predicted molar refractivity (Wildman–Crippen MR) is 101 cm³/mol. The Bertz CT molecular complexity index is 779. The quantitative estimate of drug-likeness (QED) is 0.892. The molecule has 4 rings (SSSR count). The van der Waals surface area contributed by atoms with E-state index in [-0.39, 0.29) is 30.2 Å². The number of fused-ring (bicyclic) bond motifs is 2. The summed E-state index contributed by atoms with van der Waals surface area (Å²) in [6.07, 6.45) is 6.08. The third-order valence-electron chi connectivity index (χ3n) is 5.63. The zero-order chi connectivity index (χ0) is 17.6. The number of rotatable bonds is 3. The second-order valence-corrected chi connectivity index (χ2v) is 7.21. The Morgan fingerprint density at radius 1 is 1.23 bits per heavy atom. The molecule has 2 fully saturated rings. The molecule has 2 bridgehead atoms. The van der Waals surface area contributed by atoms with Crippen LogP contribution in [0.15, 0.2) is 30.5 Å². The fraction of sp³-hybridized carbons (Fsp3) is 0.474. The number of carbonyl (C=O) groups excluding carboxylic acids is 1. The van der Waals surface area contributed by atoms with Crippen LogP contribution in [0.1, 0.15) is 41.7 Å². The predicted octanol–water partition coefficient (Wildman–Crippen LogP) is 3.10. The summed E-state index contributed by atoms with van der Waals surface area (Å²) in [5.41, 5.74) is 2.14. The zero-order valence-corrected chi connectivity index (χ0v) is 15.8. The van der Waals surface area contributed by atoms with Crippen LogP contribution in [0.5, 0.6) is 0 Å². The van der Waals surface area contributed by atoms with Crippen molar-refractivity contribution in [3.63, 3.8) is 0 Å². The van der Waals surface area contributed by atoms with Crippen LogP contribution in [0.2, 0.25) is 0 Å². The first kappa shape index (κ1) is 18.9. The molecule has 5 nitrogen and oxygen atoms in total. The van der Waals surface area contributed by atoms with Gasteiger partial charge < -0.3 is 10.2 Å². The van der Waals surface area contributed by atoms with Crippen LogP contribution in [-0.4, -0.2) is 45.8 Å². The lowest BCUT2D eigenvalue weighted by molar-refractivity contribution is 0.0681. The van der Waals surface area contributed by atoms with Gasteiger partial charge >= 0.3 is 0 Å². The van der Waals surface area contributed by atoms with Gasteiger partial charge in [-0.1, -0.05) is 0 Å². The van der Waals surface area contributed by atoms with Crippen LogP contribution < -0.4 is 5.32 Å². The van der Waals surface area contributed by atoms with Crippen molar-refractivity contribution in [2.45, 2.75) is 50.7 Å². The van der Waals surface area contributed by atoms with Crippen LogP contribution in [0.4, 0.5) is 4.39 Å². The summed E-state index contributed by atoms with van der Waals surface area (Å²) in [4.78, 5) is 14.9. The van der Waals surface area contributed by atoms with Gasteiger partial charge in [0, 0.05) is 25.2 Å². The maximum absolute atomic E-state index is 13.1. The molecule has 1 aromatic heterocycles. The Kier molecular flexibility index (Phi) is 5.34. The standard InChI is InChI=1S/C19H23FN4O.ClH/c1-12-18(11-21-24(12)16-7-3-13(20)4-8-16)19(25)23(2)17-9-14-5-6-15(10-17)22-14;/h3-4,7-8,11,14-15,17,22H,5-6,9-10H2,1-2H3;1H. The first-order chi connectivity index (χ1) is 12.0. The number of nitrogens with one attached hydrogen (secondary N) is 1. The first-order valence-corrected chi connectivity index (χ1v) is 8.86. The maximum atomic E-state index is 13.1. The lowest BCUT2D eigenvalue weighted by Gasteiger charge is -2.35. The molecule has 2 aromatic rings. The van der Waals surface area contributed by atoms with Gasteiger partial charge in [-0.2, -0.15) is 5.10 Å². The smallest absolute Gasteiger partial charge is 0.257 e. The van der Waals surface area contributed by atoms with E-state index in [9.17, 15) is 9.18 Å². The van der Waals surface area contributed by atoms with Crippen LogP contribution in [0.3, 0.4) is 0 Å². The highest BCUT2D eigenvalue weighted by Crippen LogP contribution is 2.30. The van der Waals surface area contributed by atoms with E-state index in [2.05, 4.69) is 10.4 Å². The molecule has 2 unspecified atom stereocenters. The molecule has 2 aliphatic rings. The SMILES string of the molecule is Cc1c(C(=O)N(C)C2CC3CCC(C2)N3)cnn1-c1ccc(F)cc1.Cl. The van der Waals surface area contributed by atoms with Crippen molar-refractivity contribution < 1.29 is 9.18 Å². The molecular weight excluding hydrogens is 355 g/mol. The third kappa shape index (κ3) is 3.35. The maximum Gasteiger partial charge on any atom is 0.257 e. The van der Waals surface area contributed by atoms with Crippen molar-refractivity contribution in [1.82, 2.24) is 20.0 Å². The van der Waals surface area contributed by atoms with E-state index in [4.69, 9.17) is 0 Å². The monoisotopic (exact) mass is 378 g/mol. The third-order valence-corrected chi connectivity index (χ3v) is 5.63. The molecule has 0 saturated carbocycles. The summed E-state index contributed by atoms with van der Waals surface area (Å²) in [6, 6.07) is 7.49. The second kappa shape index (κ2) is 7.37. The topological polar surface area (TPSA) is 50.2 Å². The zero-order valence-electron chi connectivity index (χ0n) is 15.0. The van der Waals surface area contributed by atoms with Crippen molar-refractivity contribution in [2.24, 2.45) is 0 Å². The average molecular weight is 379 g/mol. The summed E-state index contributed by atoms with van der Waals surface area (Å²) in [5.74, 6) is -0.276. The molecular formula is C19H24ClFN4O. The molecule has 140 valence electrons. The molecule has 26 heavy (non-hydrogen) atoms. The van der Waals surface area contributed by atoms with Gasteiger partial charge in [-0.3, -0.25) is 4.79 Å². The number of aromatic nitrogens is 2. The van der Waals surface area contributed by atoms with Crippen molar-refractivity contribution in [1.29, 1.82) is 0 Å². The van der Waals surface area contributed by atoms with Gasteiger partial charge in [-0.05, 0) is 56.9 Å². The number of halogens is 2. The van der Waals surface area contributed by atoms with Crippen molar-refractivity contribution in [3.05, 3.63) is 47.5 Å². The average Bonchev–Trinajstić information content (AvgIpc) is 3.16. The Labute approximate surface area is 159 Å². The van der Waals surface area contributed by atoms with E-state index >= 15 is 0 Å². The lowest BCUT2D eigenvalue weighted by Crippen LogP contribution is -2.48. The van der Waals surface area contributed by atoms with Gasteiger partial charge in [-0.15, -0.1) is 12.4 Å². The minimum absolute atomic E-state index is 0. The number of piperidine rings is 1. The highest BCUT2D eigenvalue weighted by atomic mass is 35.5. The highest BCUT2D eigenvalue weighted by Gasteiger charge is 2.37. The van der Waals surface area contributed by atoms with Gasteiger partial charge in [0.1, 0.15) is 5.82 Å². The molecule has 1 N–H and O–H groups in total. The number of amides is 1. The Hall–Kier alpha value is -1.92. The van der Waals surface area contributed by atoms with Crippen molar-refractivity contribution in [2.75, 3.05) is 7.05 Å². The van der Waals surface area contributed by atoms with E-state index in [1.807, 2.05) is 18.9 Å². The molecule has 0 spiro atoms. The Morgan fingerprint density at radius 2 is 1.85 bits per heavy atom. The summed E-state index contributed by atoms with van der Waals surface area (Å²) < 4.78 is 14.8. The normalized spacial score (nSPS) is 24.2. The van der Waals surface area contributed by atoms with Gasteiger partial charge in [0.05, 0.1) is 23.1 Å². The molecule has 0 aliphatic carbocycles. The first-order valence-electron chi connectivity index (χ1n) is 8.86. The molecule has 1 amide bonds. The largest absolute Gasteiger partial charge is 0.338 e.